The fourth-order valence-electron chi connectivity index (χ4n) is 2.14. The van der Waals surface area contributed by atoms with Gasteiger partial charge in [-0.05, 0) is 50.2 Å². The number of amides is 1. The number of carbonyl (C=O) groups is 1. The molecule has 0 bridgehead atoms. The fraction of sp³-hybridized carbons (Fsp3) is 0.118. The van der Waals surface area contributed by atoms with Gasteiger partial charge in [-0.2, -0.15) is 0 Å². The minimum Gasteiger partial charge on any atom is -0.322 e. The normalized spacial score (nSPS) is 10.7. The van der Waals surface area contributed by atoms with E-state index in [-0.39, 0.29) is 5.91 Å². The number of halogens is 1. The van der Waals surface area contributed by atoms with Gasteiger partial charge < -0.3 is 5.32 Å². The molecule has 0 atom stereocenters. The molecule has 1 heterocycles. The number of carbonyl (C=O) groups excluding carboxylic acids is 1. The lowest BCUT2D eigenvalue weighted by molar-refractivity contribution is 0.102. The van der Waals surface area contributed by atoms with Crippen LogP contribution in [0.3, 0.4) is 0 Å². The number of anilines is 1. The molecule has 0 aliphatic carbocycles. The topological polar surface area (TPSA) is 54.9 Å². The molecule has 110 valence electrons. The van der Waals surface area contributed by atoms with E-state index in [1.807, 2.05) is 44.2 Å². The van der Waals surface area contributed by atoms with Crippen molar-refractivity contribution in [2.45, 2.75) is 13.8 Å². The zero-order chi connectivity index (χ0) is 15.7. The van der Waals surface area contributed by atoms with Gasteiger partial charge in [0, 0.05) is 15.7 Å². The largest absolute Gasteiger partial charge is 0.322 e. The molecule has 1 N–H and O–H groups in total. The number of hydrogen-bond donors (Lipinski definition) is 1. The summed E-state index contributed by atoms with van der Waals surface area (Å²) in [4.78, 5) is 21.3. The Morgan fingerprint density at radius 1 is 1.00 bits per heavy atom. The summed E-state index contributed by atoms with van der Waals surface area (Å²) in [5, 5.41) is 2.87. The van der Waals surface area contributed by atoms with Crippen molar-refractivity contribution in [3.05, 3.63) is 63.9 Å². The number of benzene rings is 2. The Labute approximate surface area is 136 Å². The molecule has 3 rings (SSSR count). The molecule has 0 radical (unpaired) electrons. The average molecular weight is 356 g/mol. The third kappa shape index (κ3) is 2.99. The van der Waals surface area contributed by atoms with Gasteiger partial charge in [-0.1, -0.05) is 22.0 Å². The summed E-state index contributed by atoms with van der Waals surface area (Å²) in [6, 6.07) is 12.8. The number of hydrogen-bond acceptors (Lipinski definition) is 3. The molecule has 1 amide bonds. The maximum atomic E-state index is 12.3. The van der Waals surface area contributed by atoms with Crippen LogP contribution in [0.1, 0.15) is 21.7 Å². The van der Waals surface area contributed by atoms with Crippen molar-refractivity contribution in [3.8, 4) is 0 Å². The highest BCUT2D eigenvalue weighted by atomic mass is 79.9. The second kappa shape index (κ2) is 5.85. The quantitative estimate of drug-likeness (QED) is 0.746. The Morgan fingerprint density at radius 3 is 2.45 bits per heavy atom. The van der Waals surface area contributed by atoms with Crippen LogP contribution < -0.4 is 5.32 Å². The van der Waals surface area contributed by atoms with Crippen LogP contribution in [0.4, 0.5) is 5.69 Å². The Balaban J connectivity index is 1.92. The molecule has 1 aromatic heterocycles. The van der Waals surface area contributed by atoms with E-state index < -0.39 is 0 Å². The molecule has 2 aromatic carbocycles. The lowest BCUT2D eigenvalue weighted by Crippen LogP contribution is -2.12. The molecular formula is C17H14BrN3O. The van der Waals surface area contributed by atoms with Crippen molar-refractivity contribution in [3.63, 3.8) is 0 Å². The highest BCUT2D eigenvalue weighted by Crippen LogP contribution is 2.18. The SMILES string of the molecule is Cc1nc2ccc(C(=O)Nc3cccc(Br)c3)cc2nc1C. The van der Waals surface area contributed by atoms with Crippen LogP contribution in [-0.4, -0.2) is 15.9 Å². The zero-order valence-corrected chi connectivity index (χ0v) is 13.8. The van der Waals surface area contributed by atoms with Crippen LogP contribution in [0.5, 0.6) is 0 Å². The second-order valence-electron chi connectivity index (χ2n) is 5.06. The van der Waals surface area contributed by atoms with Gasteiger partial charge in [0.2, 0.25) is 0 Å². The second-order valence-corrected chi connectivity index (χ2v) is 5.98. The number of aryl methyl sites for hydroxylation is 2. The Morgan fingerprint density at radius 2 is 1.73 bits per heavy atom. The number of rotatable bonds is 2. The van der Waals surface area contributed by atoms with E-state index in [2.05, 4.69) is 31.2 Å². The molecule has 22 heavy (non-hydrogen) atoms. The van der Waals surface area contributed by atoms with Crippen molar-refractivity contribution in [2.75, 3.05) is 5.32 Å². The first kappa shape index (κ1) is 14.7. The van der Waals surface area contributed by atoms with E-state index in [9.17, 15) is 4.79 Å². The number of nitrogens with zero attached hydrogens (tertiary/aromatic N) is 2. The number of fused-ring (bicyclic) bond motifs is 1. The lowest BCUT2D eigenvalue weighted by Gasteiger charge is -2.07. The molecule has 0 saturated carbocycles. The van der Waals surface area contributed by atoms with Gasteiger partial charge in [0.1, 0.15) is 0 Å². The summed E-state index contributed by atoms with van der Waals surface area (Å²) in [6.07, 6.45) is 0. The summed E-state index contributed by atoms with van der Waals surface area (Å²) in [5.74, 6) is -0.167. The predicted octanol–water partition coefficient (Wildman–Crippen LogP) is 4.26. The third-order valence-corrected chi connectivity index (χ3v) is 3.91. The van der Waals surface area contributed by atoms with Crippen molar-refractivity contribution >= 4 is 38.6 Å². The van der Waals surface area contributed by atoms with Crippen LogP contribution in [0.25, 0.3) is 11.0 Å². The van der Waals surface area contributed by atoms with Crippen LogP contribution in [-0.2, 0) is 0 Å². The van der Waals surface area contributed by atoms with E-state index in [1.54, 1.807) is 12.1 Å². The van der Waals surface area contributed by atoms with Gasteiger partial charge in [-0.3, -0.25) is 4.79 Å². The van der Waals surface area contributed by atoms with Gasteiger partial charge in [-0.25, -0.2) is 9.97 Å². The Bertz CT molecular complexity index is 877. The number of nitrogens with one attached hydrogen (secondary N) is 1. The van der Waals surface area contributed by atoms with Crippen molar-refractivity contribution in [1.29, 1.82) is 0 Å². The molecule has 0 spiro atoms. The van der Waals surface area contributed by atoms with Crippen LogP contribution in [0.15, 0.2) is 46.9 Å². The summed E-state index contributed by atoms with van der Waals surface area (Å²) in [7, 11) is 0. The summed E-state index contributed by atoms with van der Waals surface area (Å²) >= 11 is 3.39. The molecule has 0 saturated heterocycles. The van der Waals surface area contributed by atoms with Crippen molar-refractivity contribution in [1.82, 2.24) is 9.97 Å². The van der Waals surface area contributed by atoms with Gasteiger partial charge in [0.05, 0.1) is 22.4 Å². The Kier molecular flexibility index (Phi) is 3.90. The molecule has 4 nitrogen and oxygen atoms in total. The van der Waals surface area contributed by atoms with E-state index in [4.69, 9.17) is 0 Å². The zero-order valence-electron chi connectivity index (χ0n) is 12.2. The molecule has 0 aliphatic heterocycles. The monoisotopic (exact) mass is 355 g/mol. The first-order chi connectivity index (χ1) is 10.5. The highest BCUT2D eigenvalue weighted by Gasteiger charge is 2.09. The standard InChI is InChI=1S/C17H14BrN3O/c1-10-11(2)20-16-8-12(6-7-15(16)19-10)17(22)21-14-5-3-4-13(18)9-14/h3-9H,1-2H3,(H,21,22). The van der Waals surface area contributed by atoms with Gasteiger partial charge in [0.15, 0.2) is 0 Å². The number of aromatic nitrogens is 2. The van der Waals surface area contributed by atoms with E-state index in [1.165, 1.54) is 0 Å². The van der Waals surface area contributed by atoms with E-state index in [0.29, 0.717) is 5.56 Å². The summed E-state index contributed by atoms with van der Waals surface area (Å²) in [6.45, 7) is 3.84. The Hall–Kier alpha value is -2.27. The molecule has 3 aromatic rings. The smallest absolute Gasteiger partial charge is 0.255 e. The van der Waals surface area contributed by atoms with Crippen molar-refractivity contribution < 1.29 is 4.79 Å². The highest BCUT2D eigenvalue weighted by molar-refractivity contribution is 9.10. The van der Waals surface area contributed by atoms with Gasteiger partial charge in [-0.15, -0.1) is 0 Å². The molecular weight excluding hydrogens is 342 g/mol. The maximum absolute atomic E-state index is 12.3. The van der Waals surface area contributed by atoms with Crippen LogP contribution in [0.2, 0.25) is 0 Å². The minimum atomic E-state index is -0.167. The minimum absolute atomic E-state index is 0.167. The molecule has 0 aliphatic rings. The summed E-state index contributed by atoms with van der Waals surface area (Å²) < 4.78 is 0.917. The maximum Gasteiger partial charge on any atom is 0.255 e. The fourth-order valence-corrected chi connectivity index (χ4v) is 2.54. The molecule has 0 unspecified atom stereocenters. The van der Waals surface area contributed by atoms with E-state index >= 15 is 0 Å². The molecule has 5 heteroatoms. The molecule has 0 fully saturated rings. The van der Waals surface area contributed by atoms with Crippen LogP contribution >= 0.6 is 15.9 Å². The summed E-state index contributed by atoms with van der Waals surface area (Å²) in [5.41, 5.74) is 4.60. The lowest BCUT2D eigenvalue weighted by atomic mass is 10.1. The van der Waals surface area contributed by atoms with Crippen molar-refractivity contribution in [2.24, 2.45) is 0 Å². The van der Waals surface area contributed by atoms with Crippen LogP contribution in [0, 0.1) is 13.8 Å². The van der Waals surface area contributed by atoms with Gasteiger partial charge in [0.25, 0.3) is 5.91 Å². The predicted molar refractivity (Wildman–Crippen MR) is 91.1 cm³/mol. The first-order valence-electron chi connectivity index (χ1n) is 6.85. The van der Waals surface area contributed by atoms with Gasteiger partial charge >= 0.3 is 0 Å². The van der Waals surface area contributed by atoms with E-state index in [0.717, 1.165) is 32.6 Å². The average Bonchev–Trinajstić information content (AvgIpc) is 2.48. The third-order valence-electron chi connectivity index (χ3n) is 3.42. The first-order valence-corrected chi connectivity index (χ1v) is 7.64.